The van der Waals surface area contributed by atoms with Gasteiger partial charge in [-0.1, -0.05) is 12.1 Å². The maximum atomic E-state index is 10.5. The van der Waals surface area contributed by atoms with Crippen LogP contribution in [0.1, 0.15) is 0 Å². The topological polar surface area (TPSA) is 54.4 Å². The lowest BCUT2D eigenvalue weighted by Gasteiger charge is -2.01. The zero-order chi connectivity index (χ0) is 10.7. The summed E-state index contributed by atoms with van der Waals surface area (Å²) in [6.07, 6.45) is 1.69. The number of hydrogen-bond acceptors (Lipinski definition) is 3. The summed E-state index contributed by atoms with van der Waals surface area (Å²) in [6.45, 7) is 0. The Labute approximate surface area is 86.9 Å². The molecule has 1 aromatic heterocycles. The van der Waals surface area contributed by atoms with Gasteiger partial charge in [-0.3, -0.25) is 0 Å². The van der Waals surface area contributed by atoms with Gasteiger partial charge in [0, 0.05) is 11.8 Å². The Bertz CT molecular complexity index is 460. The molecule has 4 nitrogen and oxygen atoms in total. The Morgan fingerprint density at radius 1 is 1.20 bits per heavy atom. The first-order valence-corrected chi connectivity index (χ1v) is 4.50. The molecule has 0 aliphatic rings. The molecule has 0 spiro atoms. The van der Waals surface area contributed by atoms with Crippen molar-refractivity contribution in [3.63, 3.8) is 0 Å². The number of hydrogen-bond donors (Lipinski definition) is 1. The van der Waals surface area contributed by atoms with E-state index in [-0.39, 0.29) is 0 Å². The van der Waals surface area contributed by atoms with Crippen LogP contribution in [0.2, 0.25) is 0 Å². The molecule has 76 valence electrons. The lowest BCUT2D eigenvalue weighted by Crippen LogP contribution is -1.81. The lowest BCUT2D eigenvalue weighted by molar-refractivity contribution is 0.415. The summed E-state index contributed by atoms with van der Waals surface area (Å²) in [7, 11) is 1.61. The smallest absolute Gasteiger partial charge is 0.182 e. The van der Waals surface area contributed by atoms with Gasteiger partial charge < -0.3 is 9.72 Å². The minimum atomic E-state index is 0.347. The van der Waals surface area contributed by atoms with Gasteiger partial charge in [0.2, 0.25) is 0 Å². The van der Waals surface area contributed by atoms with E-state index < -0.39 is 0 Å². The van der Waals surface area contributed by atoms with Crippen molar-refractivity contribution in [1.82, 2.24) is 4.98 Å². The van der Waals surface area contributed by atoms with Crippen molar-refractivity contribution in [3.05, 3.63) is 41.4 Å². The molecule has 1 aromatic carbocycles. The number of methoxy groups -OCH3 is 1. The van der Waals surface area contributed by atoms with Crippen molar-refractivity contribution < 1.29 is 4.74 Å². The van der Waals surface area contributed by atoms with Crippen LogP contribution in [0, 0.1) is 4.91 Å². The third kappa shape index (κ3) is 1.74. The summed E-state index contributed by atoms with van der Waals surface area (Å²) < 4.78 is 5.05. The maximum absolute atomic E-state index is 10.5. The first kappa shape index (κ1) is 9.45. The summed E-state index contributed by atoms with van der Waals surface area (Å²) in [6, 6.07) is 9.28. The van der Waals surface area contributed by atoms with Crippen molar-refractivity contribution >= 4 is 5.82 Å². The number of H-pyrrole nitrogens is 1. The molecule has 0 saturated carbocycles. The molecule has 0 bridgehead atoms. The van der Waals surface area contributed by atoms with Crippen LogP contribution in [-0.4, -0.2) is 12.1 Å². The molecule has 0 fully saturated rings. The van der Waals surface area contributed by atoms with Crippen LogP contribution in [0.5, 0.6) is 5.75 Å². The molecule has 15 heavy (non-hydrogen) atoms. The van der Waals surface area contributed by atoms with Crippen LogP contribution in [0.3, 0.4) is 0 Å². The molecule has 1 N–H and O–H groups in total. The van der Waals surface area contributed by atoms with Crippen molar-refractivity contribution in [3.8, 4) is 16.9 Å². The molecule has 2 rings (SSSR count). The molecule has 0 atom stereocenters. The van der Waals surface area contributed by atoms with Gasteiger partial charge in [0.05, 0.1) is 7.11 Å². The summed E-state index contributed by atoms with van der Waals surface area (Å²) in [4.78, 5) is 13.3. The predicted octanol–water partition coefficient (Wildman–Crippen LogP) is 3.09. The van der Waals surface area contributed by atoms with Gasteiger partial charge in [-0.15, -0.1) is 4.91 Å². The second-order valence-corrected chi connectivity index (χ2v) is 3.06. The van der Waals surface area contributed by atoms with E-state index in [9.17, 15) is 4.91 Å². The van der Waals surface area contributed by atoms with Gasteiger partial charge in [0.1, 0.15) is 5.75 Å². The van der Waals surface area contributed by atoms with Crippen molar-refractivity contribution in [2.75, 3.05) is 7.11 Å². The fourth-order valence-corrected chi connectivity index (χ4v) is 1.44. The summed E-state index contributed by atoms with van der Waals surface area (Å²) in [5.41, 5.74) is 1.74. The second kappa shape index (κ2) is 3.96. The Morgan fingerprint density at radius 3 is 2.53 bits per heavy atom. The fraction of sp³-hybridized carbons (Fsp3) is 0.0909. The number of nitroso groups, excluding NO2 is 1. The molecule has 0 aliphatic heterocycles. The van der Waals surface area contributed by atoms with Crippen molar-refractivity contribution in [2.24, 2.45) is 5.18 Å². The first-order chi connectivity index (χ1) is 7.35. The van der Waals surface area contributed by atoms with Gasteiger partial charge in [-0.25, -0.2) is 0 Å². The van der Waals surface area contributed by atoms with Gasteiger partial charge in [0.15, 0.2) is 5.82 Å². The third-order valence-corrected chi connectivity index (χ3v) is 2.22. The summed E-state index contributed by atoms with van der Waals surface area (Å²) >= 11 is 0. The van der Waals surface area contributed by atoms with Gasteiger partial charge >= 0.3 is 0 Å². The Morgan fingerprint density at radius 2 is 1.93 bits per heavy atom. The van der Waals surface area contributed by atoms with Crippen LogP contribution < -0.4 is 4.74 Å². The normalized spacial score (nSPS) is 9.93. The number of ether oxygens (including phenoxy) is 1. The van der Waals surface area contributed by atoms with Gasteiger partial charge in [-0.2, -0.15) is 0 Å². The van der Waals surface area contributed by atoms with E-state index in [2.05, 4.69) is 10.2 Å². The average molecular weight is 202 g/mol. The molecule has 2 aromatic rings. The number of aromatic amines is 1. The molecule has 0 aliphatic carbocycles. The van der Waals surface area contributed by atoms with E-state index in [4.69, 9.17) is 4.74 Å². The van der Waals surface area contributed by atoms with Crippen molar-refractivity contribution in [2.45, 2.75) is 0 Å². The number of aromatic nitrogens is 1. The molecule has 4 heteroatoms. The minimum Gasteiger partial charge on any atom is -0.497 e. The number of benzene rings is 1. The van der Waals surface area contributed by atoms with Gasteiger partial charge in [-0.05, 0) is 28.9 Å². The van der Waals surface area contributed by atoms with E-state index in [1.807, 2.05) is 30.3 Å². The fourth-order valence-electron chi connectivity index (χ4n) is 1.44. The molecule has 0 unspecified atom stereocenters. The zero-order valence-corrected chi connectivity index (χ0v) is 8.23. The first-order valence-electron chi connectivity index (χ1n) is 4.50. The van der Waals surface area contributed by atoms with E-state index in [0.29, 0.717) is 5.82 Å². The molecule has 0 radical (unpaired) electrons. The highest BCUT2D eigenvalue weighted by Gasteiger charge is 2.06. The summed E-state index contributed by atoms with van der Waals surface area (Å²) in [5, 5.41) is 2.91. The van der Waals surface area contributed by atoms with Gasteiger partial charge in [0.25, 0.3) is 0 Å². The van der Waals surface area contributed by atoms with E-state index in [1.165, 1.54) is 0 Å². The third-order valence-electron chi connectivity index (χ3n) is 2.22. The summed E-state index contributed by atoms with van der Waals surface area (Å²) in [5.74, 6) is 1.13. The van der Waals surface area contributed by atoms with E-state index >= 15 is 0 Å². The largest absolute Gasteiger partial charge is 0.497 e. The maximum Gasteiger partial charge on any atom is 0.182 e. The van der Waals surface area contributed by atoms with E-state index in [1.54, 1.807) is 13.3 Å². The minimum absolute atomic E-state index is 0.347. The predicted molar refractivity (Wildman–Crippen MR) is 58.2 cm³/mol. The highest BCUT2D eigenvalue weighted by Crippen LogP contribution is 2.29. The number of nitrogens with one attached hydrogen (secondary N) is 1. The standard InChI is InChI=1S/C11H10N2O2/c1-15-9-4-2-8(3-5-9)10-6-7-12-11(10)13-14/h2-7,12H,1H3. The SMILES string of the molecule is COc1ccc(-c2cc[nH]c2N=O)cc1. The Kier molecular flexibility index (Phi) is 2.49. The molecule has 0 amide bonds. The monoisotopic (exact) mass is 202 g/mol. The molecular weight excluding hydrogens is 192 g/mol. The van der Waals surface area contributed by atoms with Crippen molar-refractivity contribution in [1.29, 1.82) is 0 Å². The highest BCUT2D eigenvalue weighted by molar-refractivity contribution is 5.74. The van der Waals surface area contributed by atoms with Crippen LogP contribution >= 0.6 is 0 Å². The second-order valence-electron chi connectivity index (χ2n) is 3.06. The Hall–Kier alpha value is -2.10. The average Bonchev–Trinajstić information content (AvgIpc) is 2.77. The molecular formula is C11H10N2O2. The number of rotatable bonds is 3. The van der Waals surface area contributed by atoms with E-state index in [0.717, 1.165) is 16.9 Å². The molecule has 1 heterocycles. The Balaban J connectivity index is 2.41. The van der Waals surface area contributed by atoms with Crippen LogP contribution in [-0.2, 0) is 0 Å². The highest BCUT2D eigenvalue weighted by atomic mass is 16.5. The molecule has 0 saturated heterocycles. The van der Waals surface area contributed by atoms with Crippen LogP contribution in [0.4, 0.5) is 5.82 Å². The zero-order valence-electron chi connectivity index (χ0n) is 8.23. The number of nitrogens with zero attached hydrogens (tertiary/aromatic N) is 1. The van der Waals surface area contributed by atoms with Crippen LogP contribution in [0.25, 0.3) is 11.1 Å². The quantitative estimate of drug-likeness (QED) is 0.777. The lowest BCUT2D eigenvalue weighted by atomic mass is 10.1. The van der Waals surface area contributed by atoms with Crippen LogP contribution in [0.15, 0.2) is 41.7 Å².